The molecule has 1 aliphatic rings. The van der Waals surface area contributed by atoms with Crippen LogP contribution in [0.2, 0.25) is 0 Å². The summed E-state index contributed by atoms with van der Waals surface area (Å²) in [5, 5.41) is 14.1. The summed E-state index contributed by atoms with van der Waals surface area (Å²) in [7, 11) is 0. The maximum atomic E-state index is 12.1. The predicted octanol–water partition coefficient (Wildman–Crippen LogP) is 0.743. The van der Waals surface area contributed by atoms with Gasteiger partial charge in [-0.3, -0.25) is 14.4 Å². The molecule has 1 aromatic rings. The number of hydrogen-bond acceptors (Lipinski definition) is 7. The third-order valence-corrected chi connectivity index (χ3v) is 4.18. The number of amides is 2. The zero-order chi connectivity index (χ0) is 20.0. The van der Waals surface area contributed by atoms with Crippen LogP contribution in [0.15, 0.2) is 18.2 Å². The molecule has 2 amide bonds. The van der Waals surface area contributed by atoms with Crippen LogP contribution in [0, 0.1) is 17.2 Å². The lowest BCUT2D eigenvalue weighted by Gasteiger charge is -2.27. The van der Waals surface area contributed by atoms with Crippen LogP contribution in [0.5, 0.6) is 11.5 Å². The number of nitrogens with one attached hydrogen (secondary N) is 2. The van der Waals surface area contributed by atoms with Crippen molar-refractivity contribution in [3.8, 4) is 17.6 Å². The van der Waals surface area contributed by atoms with Crippen LogP contribution < -0.4 is 20.1 Å². The number of hydrogen-bond donors (Lipinski definition) is 2. The SMILES string of the molecule is CC(C)[C@@](C)(C#N)NC(=O)COC(=O)CNC(=O)c1ccc2c(c1)OCO2. The Labute approximate surface area is 156 Å². The number of benzene rings is 1. The summed E-state index contributed by atoms with van der Waals surface area (Å²) in [5.74, 6) is -0.990. The van der Waals surface area contributed by atoms with Crippen LogP contribution in [0.1, 0.15) is 31.1 Å². The number of ether oxygens (including phenoxy) is 3. The quantitative estimate of drug-likeness (QED) is 0.673. The first kappa shape index (κ1) is 20.0. The van der Waals surface area contributed by atoms with E-state index in [1.807, 2.05) is 6.07 Å². The lowest BCUT2D eigenvalue weighted by Crippen LogP contribution is -2.50. The van der Waals surface area contributed by atoms with Gasteiger partial charge in [-0.2, -0.15) is 5.26 Å². The molecule has 0 saturated carbocycles. The van der Waals surface area contributed by atoms with Gasteiger partial charge in [0.05, 0.1) is 6.07 Å². The zero-order valence-corrected chi connectivity index (χ0v) is 15.3. The molecular weight excluding hydrogens is 354 g/mol. The van der Waals surface area contributed by atoms with E-state index in [2.05, 4.69) is 10.6 Å². The molecule has 9 nitrogen and oxygen atoms in total. The molecule has 144 valence electrons. The molecule has 1 heterocycles. The summed E-state index contributed by atoms with van der Waals surface area (Å²) < 4.78 is 15.2. The number of fused-ring (bicyclic) bond motifs is 1. The van der Waals surface area contributed by atoms with Crippen molar-refractivity contribution in [2.45, 2.75) is 26.3 Å². The molecule has 1 atom stereocenters. The number of esters is 1. The zero-order valence-electron chi connectivity index (χ0n) is 15.3. The number of nitriles is 1. The minimum Gasteiger partial charge on any atom is -0.454 e. The van der Waals surface area contributed by atoms with E-state index in [1.54, 1.807) is 26.8 Å². The summed E-state index contributed by atoms with van der Waals surface area (Å²) in [6, 6.07) is 6.66. The Hall–Kier alpha value is -3.28. The highest BCUT2D eigenvalue weighted by atomic mass is 16.7. The average molecular weight is 375 g/mol. The van der Waals surface area contributed by atoms with Crippen LogP contribution in [0.4, 0.5) is 0 Å². The fourth-order valence-electron chi connectivity index (χ4n) is 2.12. The van der Waals surface area contributed by atoms with Crippen LogP contribution in [0.3, 0.4) is 0 Å². The second-order valence-electron chi connectivity index (χ2n) is 6.43. The predicted molar refractivity (Wildman–Crippen MR) is 92.9 cm³/mol. The maximum absolute atomic E-state index is 12.1. The molecular formula is C18H21N3O6. The minimum absolute atomic E-state index is 0.0937. The van der Waals surface area contributed by atoms with E-state index in [0.29, 0.717) is 17.1 Å². The van der Waals surface area contributed by atoms with Crippen molar-refractivity contribution < 1.29 is 28.6 Å². The van der Waals surface area contributed by atoms with Gasteiger partial charge < -0.3 is 24.8 Å². The highest BCUT2D eigenvalue weighted by Gasteiger charge is 2.30. The van der Waals surface area contributed by atoms with E-state index in [-0.39, 0.29) is 12.7 Å². The van der Waals surface area contributed by atoms with Gasteiger partial charge in [-0.1, -0.05) is 13.8 Å². The van der Waals surface area contributed by atoms with Gasteiger partial charge in [0, 0.05) is 5.56 Å². The molecule has 0 radical (unpaired) electrons. The number of nitrogens with zero attached hydrogens (tertiary/aromatic N) is 1. The van der Waals surface area contributed by atoms with Crippen molar-refractivity contribution in [1.29, 1.82) is 5.26 Å². The molecule has 9 heteroatoms. The third kappa shape index (κ3) is 5.10. The van der Waals surface area contributed by atoms with E-state index < -0.39 is 36.5 Å². The lowest BCUT2D eigenvalue weighted by molar-refractivity contribution is -0.147. The summed E-state index contributed by atoms with van der Waals surface area (Å²) in [6.45, 7) is 4.32. The Balaban J connectivity index is 1.77. The smallest absolute Gasteiger partial charge is 0.325 e. The van der Waals surface area contributed by atoms with Crippen LogP contribution >= 0.6 is 0 Å². The van der Waals surface area contributed by atoms with Gasteiger partial charge in [0.1, 0.15) is 12.1 Å². The molecule has 0 unspecified atom stereocenters. The van der Waals surface area contributed by atoms with E-state index in [4.69, 9.17) is 19.5 Å². The molecule has 0 aromatic heterocycles. The summed E-state index contributed by atoms with van der Waals surface area (Å²) >= 11 is 0. The number of carbonyl (C=O) groups excluding carboxylic acids is 3. The molecule has 27 heavy (non-hydrogen) atoms. The normalized spacial score (nSPS) is 14.0. The first-order chi connectivity index (χ1) is 12.7. The molecule has 2 rings (SSSR count). The first-order valence-corrected chi connectivity index (χ1v) is 8.31. The van der Waals surface area contributed by atoms with E-state index in [1.165, 1.54) is 12.1 Å². The summed E-state index contributed by atoms with van der Waals surface area (Å²) in [6.07, 6.45) is 0. The molecule has 1 aliphatic heterocycles. The molecule has 0 aliphatic carbocycles. The topological polar surface area (TPSA) is 127 Å². The van der Waals surface area contributed by atoms with E-state index in [0.717, 1.165) is 0 Å². The highest BCUT2D eigenvalue weighted by molar-refractivity contribution is 5.96. The van der Waals surface area contributed by atoms with Crippen molar-refractivity contribution >= 4 is 17.8 Å². The van der Waals surface area contributed by atoms with Crippen molar-refractivity contribution in [3.63, 3.8) is 0 Å². The molecule has 1 aromatic carbocycles. The monoisotopic (exact) mass is 375 g/mol. The standard InChI is InChI=1S/C18H21N3O6/c1-11(2)18(3,9-19)21-15(22)8-25-16(23)7-20-17(24)12-4-5-13-14(6-12)27-10-26-13/h4-6,11H,7-8,10H2,1-3H3,(H,20,24)(H,21,22)/t18-/m1/s1. The molecule has 0 spiro atoms. The van der Waals surface area contributed by atoms with Crippen molar-refractivity contribution in [1.82, 2.24) is 10.6 Å². The third-order valence-electron chi connectivity index (χ3n) is 4.18. The van der Waals surface area contributed by atoms with Gasteiger partial charge in [0.25, 0.3) is 11.8 Å². The van der Waals surface area contributed by atoms with Gasteiger partial charge in [0.2, 0.25) is 6.79 Å². The van der Waals surface area contributed by atoms with Gasteiger partial charge >= 0.3 is 5.97 Å². The molecule has 0 fully saturated rings. The fourth-order valence-corrected chi connectivity index (χ4v) is 2.12. The van der Waals surface area contributed by atoms with Gasteiger partial charge in [-0.15, -0.1) is 0 Å². The Morgan fingerprint density at radius 3 is 2.67 bits per heavy atom. The van der Waals surface area contributed by atoms with E-state index in [9.17, 15) is 14.4 Å². The summed E-state index contributed by atoms with van der Waals surface area (Å²) in [4.78, 5) is 35.6. The Morgan fingerprint density at radius 1 is 1.30 bits per heavy atom. The van der Waals surface area contributed by atoms with E-state index >= 15 is 0 Å². The average Bonchev–Trinajstić information content (AvgIpc) is 3.11. The van der Waals surface area contributed by atoms with Crippen LogP contribution in [-0.2, 0) is 14.3 Å². The Morgan fingerprint density at radius 2 is 2.00 bits per heavy atom. The fraction of sp³-hybridized carbons (Fsp3) is 0.444. The Bertz CT molecular complexity index is 786. The van der Waals surface area contributed by atoms with Crippen LogP contribution in [0.25, 0.3) is 0 Å². The first-order valence-electron chi connectivity index (χ1n) is 8.31. The highest BCUT2D eigenvalue weighted by Crippen LogP contribution is 2.32. The lowest BCUT2D eigenvalue weighted by atomic mass is 9.90. The van der Waals surface area contributed by atoms with Crippen molar-refractivity contribution in [3.05, 3.63) is 23.8 Å². The maximum Gasteiger partial charge on any atom is 0.325 e. The van der Waals surface area contributed by atoms with Gasteiger partial charge in [-0.25, -0.2) is 0 Å². The van der Waals surface area contributed by atoms with Gasteiger partial charge in [-0.05, 0) is 31.0 Å². The molecule has 0 bridgehead atoms. The number of carbonyl (C=O) groups is 3. The van der Waals surface area contributed by atoms with Gasteiger partial charge in [0.15, 0.2) is 18.1 Å². The second-order valence-corrected chi connectivity index (χ2v) is 6.43. The van der Waals surface area contributed by atoms with Crippen molar-refractivity contribution in [2.75, 3.05) is 19.9 Å². The summed E-state index contributed by atoms with van der Waals surface area (Å²) in [5.41, 5.74) is -0.761. The van der Waals surface area contributed by atoms with Crippen LogP contribution in [-0.4, -0.2) is 43.3 Å². The number of rotatable bonds is 7. The second kappa shape index (κ2) is 8.40. The minimum atomic E-state index is -1.06. The Kier molecular flexibility index (Phi) is 6.23. The van der Waals surface area contributed by atoms with Crippen molar-refractivity contribution in [2.24, 2.45) is 5.92 Å². The molecule has 2 N–H and O–H groups in total. The molecule has 0 saturated heterocycles. The largest absolute Gasteiger partial charge is 0.454 e.